The lowest BCUT2D eigenvalue weighted by molar-refractivity contribution is 0.414. The van der Waals surface area contributed by atoms with Crippen LogP contribution in [0.1, 0.15) is 0 Å². The highest BCUT2D eigenvalue weighted by atomic mass is 32.2. The van der Waals surface area contributed by atoms with Crippen LogP contribution < -0.4 is 4.74 Å². The fourth-order valence-electron chi connectivity index (χ4n) is 1.62. The molecule has 0 amide bonds. The predicted octanol–water partition coefficient (Wildman–Crippen LogP) is 2.02. The number of benzene rings is 1. The highest BCUT2D eigenvalue weighted by Crippen LogP contribution is 2.22. The zero-order chi connectivity index (χ0) is 14.6. The van der Waals surface area contributed by atoms with Crippen LogP contribution in [0.5, 0.6) is 5.75 Å². The third-order valence-corrected chi connectivity index (χ3v) is 4.82. The van der Waals surface area contributed by atoms with E-state index in [1.54, 1.807) is 13.3 Å². The second-order valence-corrected chi connectivity index (χ2v) is 7.58. The molecule has 0 saturated carbocycles. The second-order valence-electron chi connectivity index (χ2n) is 4.26. The molecule has 1 heterocycles. The number of imidazole rings is 1. The molecule has 0 aliphatic heterocycles. The molecule has 2 rings (SSSR count). The van der Waals surface area contributed by atoms with Crippen molar-refractivity contribution in [1.82, 2.24) is 9.55 Å². The van der Waals surface area contributed by atoms with Crippen LogP contribution in [0.4, 0.5) is 0 Å². The molecule has 5 nitrogen and oxygen atoms in total. The number of thioether (sulfide) groups is 1. The fraction of sp³-hybridized carbons (Fsp3) is 0.308. The van der Waals surface area contributed by atoms with Crippen molar-refractivity contribution in [2.75, 3.05) is 24.9 Å². The third-order valence-electron chi connectivity index (χ3n) is 2.64. The molecule has 0 unspecified atom stereocenters. The van der Waals surface area contributed by atoms with Crippen LogP contribution in [0.15, 0.2) is 41.8 Å². The molecular formula is C13H16N2O3S2. The molecule has 1 aromatic carbocycles. The molecule has 0 N–H and O–H groups in total. The number of rotatable bonds is 6. The van der Waals surface area contributed by atoms with Gasteiger partial charge in [0.1, 0.15) is 15.6 Å². The molecule has 0 radical (unpaired) electrons. The number of hydrogen-bond acceptors (Lipinski definition) is 5. The number of sulfone groups is 1. The van der Waals surface area contributed by atoms with E-state index in [0.717, 1.165) is 16.6 Å². The van der Waals surface area contributed by atoms with Crippen molar-refractivity contribution in [3.8, 4) is 11.4 Å². The SMILES string of the molecule is COc1ccc(-n2ccnc2SCCS(C)(=O)=O)cc1. The molecule has 0 bridgehead atoms. The van der Waals surface area contributed by atoms with Crippen molar-refractivity contribution in [2.24, 2.45) is 0 Å². The molecule has 0 spiro atoms. The Bertz CT molecular complexity index is 663. The molecule has 0 fully saturated rings. The summed E-state index contributed by atoms with van der Waals surface area (Å²) in [6.07, 6.45) is 4.79. The Morgan fingerprint density at radius 3 is 2.60 bits per heavy atom. The highest BCUT2D eigenvalue weighted by Gasteiger charge is 2.08. The van der Waals surface area contributed by atoms with Gasteiger partial charge in [-0.1, -0.05) is 11.8 Å². The van der Waals surface area contributed by atoms with Gasteiger partial charge >= 0.3 is 0 Å². The van der Waals surface area contributed by atoms with Crippen LogP contribution in [0.2, 0.25) is 0 Å². The van der Waals surface area contributed by atoms with E-state index in [9.17, 15) is 8.42 Å². The molecule has 0 aliphatic carbocycles. The summed E-state index contributed by atoms with van der Waals surface area (Å²) in [6, 6.07) is 7.61. The first-order valence-electron chi connectivity index (χ1n) is 5.98. The van der Waals surface area contributed by atoms with Gasteiger partial charge in [0.15, 0.2) is 5.16 Å². The average molecular weight is 312 g/mol. The van der Waals surface area contributed by atoms with Gasteiger partial charge < -0.3 is 4.74 Å². The van der Waals surface area contributed by atoms with E-state index in [0.29, 0.717) is 5.75 Å². The molecule has 108 valence electrons. The van der Waals surface area contributed by atoms with E-state index >= 15 is 0 Å². The Labute approximate surface area is 122 Å². The average Bonchev–Trinajstić information content (AvgIpc) is 2.86. The summed E-state index contributed by atoms with van der Waals surface area (Å²) >= 11 is 1.43. The van der Waals surface area contributed by atoms with Gasteiger partial charge in [0.05, 0.1) is 12.9 Å². The zero-order valence-electron chi connectivity index (χ0n) is 11.3. The number of ether oxygens (including phenoxy) is 1. The van der Waals surface area contributed by atoms with E-state index in [4.69, 9.17) is 4.74 Å². The highest BCUT2D eigenvalue weighted by molar-refractivity contribution is 8.00. The summed E-state index contributed by atoms with van der Waals surface area (Å²) in [5.74, 6) is 1.43. The molecule has 7 heteroatoms. The van der Waals surface area contributed by atoms with Crippen LogP contribution in [0, 0.1) is 0 Å². The molecule has 0 saturated heterocycles. The summed E-state index contributed by atoms with van der Waals surface area (Å²) in [6.45, 7) is 0. The maximum Gasteiger partial charge on any atom is 0.172 e. The van der Waals surface area contributed by atoms with E-state index in [2.05, 4.69) is 4.98 Å². The van der Waals surface area contributed by atoms with E-state index in [-0.39, 0.29) is 5.75 Å². The normalized spacial score (nSPS) is 11.5. The summed E-state index contributed by atoms with van der Waals surface area (Å²) < 4.78 is 29.3. The van der Waals surface area contributed by atoms with Crippen molar-refractivity contribution in [1.29, 1.82) is 0 Å². The van der Waals surface area contributed by atoms with Gasteiger partial charge in [0.25, 0.3) is 0 Å². The molecule has 20 heavy (non-hydrogen) atoms. The Balaban J connectivity index is 2.11. The molecule has 2 aromatic rings. The fourth-order valence-corrected chi connectivity index (χ4v) is 3.79. The van der Waals surface area contributed by atoms with Crippen molar-refractivity contribution < 1.29 is 13.2 Å². The van der Waals surface area contributed by atoms with Crippen LogP contribution in [0.25, 0.3) is 5.69 Å². The van der Waals surface area contributed by atoms with Crippen LogP contribution >= 0.6 is 11.8 Å². The number of nitrogens with zero attached hydrogens (tertiary/aromatic N) is 2. The Kier molecular flexibility index (Phi) is 4.72. The van der Waals surface area contributed by atoms with Gasteiger partial charge in [-0.3, -0.25) is 4.57 Å². The lowest BCUT2D eigenvalue weighted by Crippen LogP contribution is -2.06. The predicted molar refractivity (Wildman–Crippen MR) is 80.6 cm³/mol. The molecule has 1 aromatic heterocycles. The summed E-state index contributed by atoms with van der Waals surface area (Å²) in [4.78, 5) is 4.25. The largest absolute Gasteiger partial charge is 0.497 e. The van der Waals surface area contributed by atoms with E-state index in [1.165, 1.54) is 18.0 Å². The summed E-state index contributed by atoms with van der Waals surface area (Å²) in [5.41, 5.74) is 0.963. The van der Waals surface area contributed by atoms with Crippen molar-refractivity contribution >= 4 is 21.6 Å². The van der Waals surface area contributed by atoms with E-state index in [1.807, 2.05) is 35.0 Å². The summed E-state index contributed by atoms with van der Waals surface area (Å²) in [5, 5.41) is 0.777. The van der Waals surface area contributed by atoms with Gasteiger partial charge in [-0.15, -0.1) is 0 Å². The number of hydrogen-bond donors (Lipinski definition) is 0. The zero-order valence-corrected chi connectivity index (χ0v) is 12.9. The van der Waals surface area contributed by atoms with Crippen LogP contribution in [0.3, 0.4) is 0 Å². The van der Waals surface area contributed by atoms with Gasteiger partial charge in [0, 0.05) is 30.1 Å². The van der Waals surface area contributed by atoms with Crippen LogP contribution in [-0.2, 0) is 9.84 Å². The third kappa shape index (κ3) is 4.01. The first kappa shape index (κ1) is 14.9. The van der Waals surface area contributed by atoms with Crippen LogP contribution in [-0.4, -0.2) is 42.8 Å². The maximum atomic E-state index is 11.1. The summed E-state index contributed by atoms with van der Waals surface area (Å²) in [7, 11) is -1.31. The maximum absolute atomic E-state index is 11.1. The second kappa shape index (κ2) is 6.32. The van der Waals surface area contributed by atoms with E-state index < -0.39 is 9.84 Å². The minimum absolute atomic E-state index is 0.146. The van der Waals surface area contributed by atoms with Crippen molar-refractivity contribution in [3.63, 3.8) is 0 Å². The van der Waals surface area contributed by atoms with Crippen molar-refractivity contribution in [2.45, 2.75) is 5.16 Å². The minimum Gasteiger partial charge on any atom is -0.497 e. The quantitative estimate of drug-likeness (QED) is 0.764. The number of methoxy groups -OCH3 is 1. The molecular weight excluding hydrogens is 296 g/mol. The molecule has 0 aliphatic rings. The lowest BCUT2D eigenvalue weighted by Gasteiger charge is -2.08. The minimum atomic E-state index is -2.94. The monoisotopic (exact) mass is 312 g/mol. The smallest absolute Gasteiger partial charge is 0.172 e. The Morgan fingerprint density at radius 1 is 1.30 bits per heavy atom. The van der Waals surface area contributed by atoms with Gasteiger partial charge in [-0.25, -0.2) is 13.4 Å². The molecule has 0 atom stereocenters. The topological polar surface area (TPSA) is 61.2 Å². The first-order chi connectivity index (χ1) is 9.49. The Morgan fingerprint density at radius 2 is 2.00 bits per heavy atom. The number of aromatic nitrogens is 2. The van der Waals surface area contributed by atoms with Crippen molar-refractivity contribution in [3.05, 3.63) is 36.7 Å². The first-order valence-corrected chi connectivity index (χ1v) is 9.02. The Hall–Kier alpha value is -1.47. The van der Waals surface area contributed by atoms with Gasteiger partial charge in [-0.05, 0) is 24.3 Å². The standard InChI is InChI=1S/C13H16N2O3S2/c1-18-12-5-3-11(4-6-12)15-8-7-14-13(15)19-9-10-20(2,16)17/h3-8H,9-10H2,1-2H3. The van der Waals surface area contributed by atoms with Gasteiger partial charge in [0.2, 0.25) is 0 Å². The lowest BCUT2D eigenvalue weighted by atomic mass is 10.3. The van der Waals surface area contributed by atoms with Gasteiger partial charge in [-0.2, -0.15) is 0 Å².